The lowest BCUT2D eigenvalue weighted by Crippen LogP contribution is -2.15. The minimum absolute atomic E-state index is 0.146. The van der Waals surface area contributed by atoms with E-state index in [0.29, 0.717) is 22.1 Å². The summed E-state index contributed by atoms with van der Waals surface area (Å²) in [5.74, 6) is -0.787. The van der Waals surface area contributed by atoms with E-state index in [1.807, 2.05) is 92.7 Å². The lowest BCUT2D eigenvalue weighted by molar-refractivity contribution is 0.0462. The summed E-state index contributed by atoms with van der Waals surface area (Å²) < 4.78 is 6.90. The van der Waals surface area contributed by atoms with Crippen LogP contribution in [0.2, 0.25) is 5.02 Å². The average Bonchev–Trinajstić information content (AvgIpc) is 3.39. The number of aromatic nitrogens is 3. The molecule has 7 heteroatoms. The molecule has 6 nitrogen and oxygen atoms in total. The maximum absolute atomic E-state index is 12.9. The zero-order valence-electron chi connectivity index (χ0n) is 20.9. The Morgan fingerprint density at radius 2 is 1.45 bits per heavy atom. The van der Waals surface area contributed by atoms with E-state index in [1.54, 1.807) is 22.9 Å². The Balaban J connectivity index is 1.37. The molecule has 0 atom stereocenters. The third kappa shape index (κ3) is 5.26. The standard InChI is InChI=1S/C31H24ClN3O3/c1-20-11-13-25(14-12-20)30-33-29(34-35(30)27-10-6-9-26(32)21(27)2)31(37)38-19-28(36)24-17-15-23(16-18-24)22-7-4-3-5-8-22/h3-18H,19H2,1-2H3. The van der Waals surface area contributed by atoms with Crippen molar-refractivity contribution in [2.24, 2.45) is 0 Å². The highest BCUT2D eigenvalue weighted by Crippen LogP contribution is 2.27. The van der Waals surface area contributed by atoms with Crippen LogP contribution in [0.4, 0.5) is 0 Å². The van der Waals surface area contributed by atoms with Crippen molar-refractivity contribution in [1.29, 1.82) is 0 Å². The van der Waals surface area contributed by atoms with Crippen LogP contribution in [0.25, 0.3) is 28.2 Å². The van der Waals surface area contributed by atoms with Gasteiger partial charge in [0.15, 0.2) is 18.2 Å². The summed E-state index contributed by atoms with van der Waals surface area (Å²) in [5, 5.41) is 5.01. The molecule has 0 bridgehead atoms. The number of hydrogen-bond acceptors (Lipinski definition) is 5. The maximum Gasteiger partial charge on any atom is 0.378 e. The molecular formula is C31H24ClN3O3. The lowest BCUT2D eigenvalue weighted by atomic mass is 10.0. The number of halogens is 1. The molecule has 0 fully saturated rings. The van der Waals surface area contributed by atoms with Gasteiger partial charge in [-0.15, -0.1) is 5.10 Å². The van der Waals surface area contributed by atoms with Gasteiger partial charge in [0.1, 0.15) is 0 Å². The Hall–Kier alpha value is -4.55. The molecule has 0 spiro atoms. The monoisotopic (exact) mass is 521 g/mol. The van der Waals surface area contributed by atoms with Crippen LogP contribution in [0.1, 0.15) is 32.1 Å². The van der Waals surface area contributed by atoms with Crippen molar-refractivity contribution in [2.45, 2.75) is 13.8 Å². The number of ether oxygens (including phenoxy) is 1. The summed E-state index contributed by atoms with van der Waals surface area (Å²) in [6.45, 7) is 3.44. The van der Waals surface area contributed by atoms with E-state index in [1.165, 1.54) is 0 Å². The predicted molar refractivity (Wildman–Crippen MR) is 148 cm³/mol. The fraction of sp³-hybridized carbons (Fsp3) is 0.0968. The Bertz CT molecular complexity index is 1610. The van der Waals surface area contributed by atoms with Gasteiger partial charge in [0.2, 0.25) is 0 Å². The van der Waals surface area contributed by atoms with Gasteiger partial charge in [-0.05, 0) is 42.7 Å². The van der Waals surface area contributed by atoms with E-state index in [4.69, 9.17) is 16.3 Å². The molecule has 5 rings (SSSR count). The Morgan fingerprint density at radius 1 is 0.789 bits per heavy atom. The Labute approximate surface area is 225 Å². The van der Waals surface area contributed by atoms with E-state index in [-0.39, 0.29) is 11.6 Å². The van der Waals surface area contributed by atoms with Crippen LogP contribution in [-0.2, 0) is 4.74 Å². The van der Waals surface area contributed by atoms with Crippen molar-refractivity contribution in [3.05, 3.63) is 125 Å². The largest absolute Gasteiger partial charge is 0.451 e. The van der Waals surface area contributed by atoms with E-state index >= 15 is 0 Å². The number of rotatable bonds is 7. The normalized spacial score (nSPS) is 10.8. The minimum atomic E-state index is -0.786. The van der Waals surface area contributed by atoms with Crippen molar-refractivity contribution in [1.82, 2.24) is 14.8 Å². The first kappa shape index (κ1) is 25.1. The summed E-state index contributed by atoms with van der Waals surface area (Å²) in [6.07, 6.45) is 0. The van der Waals surface area contributed by atoms with Gasteiger partial charge in [-0.25, -0.2) is 14.5 Å². The number of aryl methyl sites for hydroxylation is 1. The number of hydrogen-bond donors (Lipinski definition) is 0. The molecule has 4 aromatic carbocycles. The number of Topliss-reactive ketones (excluding diaryl/α,β-unsaturated/α-hetero) is 1. The number of carbonyl (C=O) groups is 2. The van der Waals surface area contributed by atoms with Crippen LogP contribution in [0.15, 0.2) is 97.1 Å². The van der Waals surface area contributed by atoms with E-state index in [2.05, 4.69) is 10.1 Å². The molecule has 0 aliphatic heterocycles. The second kappa shape index (κ2) is 10.8. The van der Waals surface area contributed by atoms with Crippen LogP contribution in [0, 0.1) is 13.8 Å². The SMILES string of the molecule is Cc1ccc(-c2nc(C(=O)OCC(=O)c3ccc(-c4ccccc4)cc3)nn2-c2cccc(Cl)c2C)cc1. The molecule has 38 heavy (non-hydrogen) atoms. The molecule has 1 heterocycles. The van der Waals surface area contributed by atoms with Gasteiger partial charge >= 0.3 is 5.97 Å². The molecule has 0 saturated carbocycles. The zero-order chi connectivity index (χ0) is 26.6. The topological polar surface area (TPSA) is 74.1 Å². The third-order valence-corrected chi connectivity index (χ3v) is 6.62. The van der Waals surface area contributed by atoms with Gasteiger partial charge < -0.3 is 4.74 Å². The molecule has 0 radical (unpaired) electrons. The molecule has 0 N–H and O–H groups in total. The van der Waals surface area contributed by atoms with E-state index in [9.17, 15) is 9.59 Å². The maximum atomic E-state index is 12.9. The molecule has 0 aliphatic rings. The fourth-order valence-electron chi connectivity index (χ4n) is 4.04. The van der Waals surface area contributed by atoms with Gasteiger partial charge in [0, 0.05) is 16.1 Å². The van der Waals surface area contributed by atoms with Crippen LogP contribution >= 0.6 is 11.6 Å². The van der Waals surface area contributed by atoms with Crippen molar-refractivity contribution in [3.8, 4) is 28.2 Å². The smallest absolute Gasteiger partial charge is 0.378 e. The molecule has 0 unspecified atom stereocenters. The number of esters is 1. The predicted octanol–water partition coefficient (Wildman–Crippen LogP) is 6.91. The second-order valence-corrected chi connectivity index (χ2v) is 9.27. The number of nitrogens with zero attached hydrogens (tertiary/aromatic N) is 3. The van der Waals surface area contributed by atoms with Gasteiger partial charge in [0.05, 0.1) is 5.69 Å². The molecule has 0 aliphatic carbocycles. The molecule has 0 saturated heterocycles. The molecule has 188 valence electrons. The van der Waals surface area contributed by atoms with Crippen LogP contribution in [-0.4, -0.2) is 33.1 Å². The summed E-state index contributed by atoms with van der Waals surface area (Å²) in [7, 11) is 0. The van der Waals surface area contributed by atoms with Crippen molar-refractivity contribution in [2.75, 3.05) is 6.61 Å². The Morgan fingerprint density at radius 3 is 2.16 bits per heavy atom. The minimum Gasteiger partial charge on any atom is -0.451 e. The van der Waals surface area contributed by atoms with Gasteiger partial charge in [-0.1, -0.05) is 102 Å². The first-order valence-corrected chi connectivity index (χ1v) is 12.4. The Kier molecular flexibility index (Phi) is 7.15. The summed E-state index contributed by atoms with van der Waals surface area (Å²) in [6, 6.07) is 30.2. The lowest BCUT2D eigenvalue weighted by Gasteiger charge is -2.10. The summed E-state index contributed by atoms with van der Waals surface area (Å²) in [5.41, 5.74) is 5.85. The number of carbonyl (C=O) groups excluding carboxylic acids is 2. The van der Waals surface area contributed by atoms with Crippen molar-refractivity contribution in [3.63, 3.8) is 0 Å². The second-order valence-electron chi connectivity index (χ2n) is 8.86. The first-order valence-electron chi connectivity index (χ1n) is 12.1. The highest BCUT2D eigenvalue weighted by atomic mass is 35.5. The van der Waals surface area contributed by atoms with Crippen molar-refractivity contribution < 1.29 is 14.3 Å². The third-order valence-electron chi connectivity index (χ3n) is 6.22. The van der Waals surface area contributed by atoms with E-state index in [0.717, 1.165) is 27.8 Å². The highest BCUT2D eigenvalue weighted by Gasteiger charge is 2.22. The van der Waals surface area contributed by atoms with Crippen LogP contribution in [0.5, 0.6) is 0 Å². The average molecular weight is 522 g/mol. The quantitative estimate of drug-likeness (QED) is 0.172. The van der Waals surface area contributed by atoms with Crippen LogP contribution in [0.3, 0.4) is 0 Å². The van der Waals surface area contributed by atoms with Crippen LogP contribution < -0.4 is 0 Å². The van der Waals surface area contributed by atoms with Gasteiger partial charge in [-0.3, -0.25) is 4.79 Å². The van der Waals surface area contributed by atoms with Crippen molar-refractivity contribution >= 4 is 23.4 Å². The first-order chi connectivity index (χ1) is 18.4. The molecular weight excluding hydrogens is 498 g/mol. The number of benzene rings is 4. The van der Waals surface area contributed by atoms with E-state index < -0.39 is 12.6 Å². The highest BCUT2D eigenvalue weighted by molar-refractivity contribution is 6.31. The summed E-state index contributed by atoms with van der Waals surface area (Å²) >= 11 is 6.35. The van der Waals surface area contributed by atoms with Gasteiger partial charge in [-0.2, -0.15) is 0 Å². The molecule has 0 amide bonds. The molecule has 1 aromatic heterocycles. The zero-order valence-corrected chi connectivity index (χ0v) is 21.6. The molecule has 5 aromatic rings. The van der Waals surface area contributed by atoms with Gasteiger partial charge in [0.25, 0.3) is 5.82 Å². The number of ketones is 1. The summed E-state index contributed by atoms with van der Waals surface area (Å²) in [4.78, 5) is 30.1. The fourth-order valence-corrected chi connectivity index (χ4v) is 4.21.